The van der Waals surface area contributed by atoms with Crippen molar-refractivity contribution in [2.45, 2.75) is 18.0 Å². The van der Waals surface area contributed by atoms with Crippen molar-refractivity contribution < 1.29 is 4.79 Å². The molecule has 0 aliphatic heterocycles. The van der Waals surface area contributed by atoms with Crippen molar-refractivity contribution in [3.63, 3.8) is 0 Å². The molecule has 0 fully saturated rings. The van der Waals surface area contributed by atoms with Crippen LogP contribution < -0.4 is 15.9 Å². The standard InChI is InChI=1S/C28H25Cl2OP/c1-23(31)28(29,22-24-14-6-2-7-15-24)32(30,25-16-8-3-9-17-25,26-18-10-4-11-19-26)27-20-12-5-13-21-27/h2-21H,22H2,1H3. The summed E-state index contributed by atoms with van der Waals surface area (Å²) in [6, 6.07) is 39.6. The molecule has 0 bridgehead atoms. The fourth-order valence-electron chi connectivity index (χ4n) is 4.62. The Labute approximate surface area is 199 Å². The number of rotatable bonds is 7. The van der Waals surface area contributed by atoms with Gasteiger partial charge in [0.25, 0.3) is 0 Å². The van der Waals surface area contributed by atoms with Crippen LogP contribution in [0, 0.1) is 0 Å². The molecule has 0 amide bonds. The fraction of sp³-hybridized carbons (Fsp3) is 0.107. The molecule has 162 valence electrons. The van der Waals surface area contributed by atoms with Gasteiger partial charge in [-0.1, -0.05) is 0 Å². The minimum atomic E-state index is -4.07. The fourth-order valence-corrected chi connectivity index (χ4v) is 12.6. The van der Waals surface area contributed by atoms with Gasteiger partial charge in [0.2, 0.25) is 0 Å². The van der Waals surface area contributed by atoms with Crippen molar-refractivity contribution in [1.29, 1.82) is 0 Å². The first kappa shape index (κ1) is 22.7. The van der Waals surface area contributed by atoms with E-state index in [1.54, 1.807) is 6.92 Å². The minimum absolute atomic E-state index is 0.146. The van der Waals surface area contributed by atoms with Crippen LogP contribution in [-0.4, -0.2) is 10.4 Å². The topological polar surface area (TPSA) is 17.1 Å². The second-order valence-electron chi connectivity index (χ2n) is 7.99. The van der Waals surface area contributed by atoms with Gasteiger partial charge in [-0.2, -0.15) is 0 Å². The van der Waals surface area contributed by atoms with Gasteiger partial charge < -0.3 is 0 Å². The van der Waals surface area contributed by atoms with E-state index in [0.717, 1.165) is 21.5 Å². The molecule has 1 nitrogen and oxygen atoms in total. The third-order valence-electron chi connectivity index (χ3n) is 6.21. The third kappa shape index (κ3) is 3.32. The Bertz CT molecular complexity index is 1100. The Morgan fingerprint density at radius 2 is 0.969 bits per heavy atom. The number of hydrogen-bond donors (Lipinski definition) is 0. The summed E-state index contributed by atoms with van der Waals surface area (Å²) in [5.41, 5.74) is 0.968. The number of carbonyl (C=O) groups is 1. The normalized spacial score (nSPS) is 14.7. The Kier molecular flexibility index (Phi) is 6.28. The van der Waals surface area contributed by atoms with Crippen LogP contribution in [-0.2, 0) is 11.2 Å². The molecule has 1 atom stereocenters. The maximum absolute atomic E-state index is 13.7. The average molecular weight is 479 g/mol. The summed E-state index contributed by atoms with van der Waals surface area (Å²) in [7, 11) is 0. The van der Waals surface area contributed by atoms with Crippen LogP contribution in [0.2, 0.25) is 0 Å². The Morgan fingerprint density at radius 3 is 1.28 bits per heavy atom. The molecule has 0 aliphatic carbocycles. The zero-order valence-electron chi connectivity index (χ0n) is 17.9. The van der Waals surface area contributed by atoms with E-state index >= 15 is 0 Å². The second kappa shape index (κ2) is 8.83. The van der Waals surface area contributed by atoms with E-state index < -0.39 is 10.6 Å². The second-order valence-corrected chi connectivity index (χ2v) is 15.3. The van der Waals surface area contributed by atoms with Crippen molar-refractivity contribution in [2.24, 2.45) is 0 Å². The molecular formula is C28H25Cl2OP. The van der Waals surface area contributed by atoms with Crippen LogP contribution >= 0.6 is 28.8 Å². The maximum atomic E-state index is 13.7. The molecule has 0 N–H and O–H groups in total. The SMILES string of the molecule is CC(=O)C(Cl)(Cc1ccccc1)P(Cl)(c1ccccc1)(c1ccccc1)c1ccccc1. The van der Waals surface area contributed by atoms with Crippen molar-refractivity contribution in [3.05, 3.63) is 127 Å². The Morgan fingerprint density at radius 1 is 0.656 bits per heavy atom. The molecule has 0 radical (unpaired) electrons. The van der Waals surface area contributed by atoms with Gasteiger partial charge in [-0.15, -0.1) is 0 Å². The summed E-state index contributed by atoms with van der Waals surface area (Å²) >= 11 is 15.9. The summed E-state index contributed by atoms with van der Waals surface area (Å²) in [4.78, 5) is 13.7. The average Bonchev–Trinajstić information content (AvgIpc) is 2.85. The van der Waals surface area contributed by atoms with Gasteiger partial charge in [-0.05, 0) is 0 Å². The summed E-state index contributed by atoms with van der Waals surface area (Å²) in [6.07, 6.45) is 0.310. The molecule has 4 rings (SSSR count). The van der Waals surface area contributed by atoms with Gasteiger partial charge in [0.1, 0.15) is 0 Å². The predicted octanol–water partition coefficient (Wildman–Crippen LogP) is 6.44. The number of Topliss-reactive ketones (excluding diaryl/α,β-unsaturated/α-hetero) is 1. The molecule has 0 aromatic heterocycles. The van der Waals surface area contributed by atoms with Crippen molar-refractivity contribution in [2.75, 3.05) is 0 Å². The number of benzene rings is 4. The number of carbonyl (C=O) groups excluding carboxylic acids is 1. The molecule has 0 saturated heterocycles. The first-order chi connectivity index (χ1) is 15.4. The van der Waals surface area contributed by atoms with E-state index in [9.17, 15) is 4.79 Å². The summed E-state index contributed by atoms with van der Waals surface area (Å²) in [6.45, 7) is 1.56. The number of halogens is 2. The molecule has 0 heterocycles. The van der Waals surface area contributed by atoms with Crippen molar-refractivity contribution >= 4 is 50.5 Å². The van der Waals surface area contributed by atoms with E-state index in [0.29, 0.717) is 6.42 Å². The van der Waals surface area contributed by atoms with Crippen LogP contribution in [0.15, 0.2) is 121 Å². The third-order valence-corrected chi connectivity index (χ3v) is 16.1. The molecule has 0 aliphatic rings. The summed E-state index contributed by atoms with van der Waals surface area (Å²) < 4.78 is -1.40. The monoisotopic (exact) mass is 478 g/mol. The molecule has 4 aromatic rings. The quantitative estimate of drug-likeness (QED) is 0.220. The molecule has 1 unspecified atom stereocenters. The van der Waals surface area contributed by atoms with Crippen LogP contribution in [0.3, 0.4) is 0 Å². The van der Waals surface area contributed by atoms with Crippen LogP contribution in [0.1, 0.15) is 12.5 Å². The molecule has 4 aromatic carbocycles. The van der Waals surface area contributed by atoms with Crippen LogP contribution in [0.4, 0.5) is 0 Å². The van der Waals surface area contributed by atoms with Gasteiger partial charge in [-0.25, -0.2) is 0 Å². The molecule has 32 heavy (non-hydrogen) atoms. The number of ketones is 1. The zero-order valence-corrected chi connectivity index (χ0v) is 20.3. The molecule has 0 spiro atoms. The van der Waals surface area contributed by atoms with E-state index in [1.807, 2.05) is 121 Å². The van der Waals surface area contributed by atoms with Gasteiger partial charge in [0.05, 0.1) is 0 Å². The zero-order chi connectivity index (χ0) is 22.7. The Hall–Kier alpha value is -2.44. The van der Waals surface area contributed by atoms with Gasteiger partial charge in [0, 0.05) is 0 Å². The van der Waals surface area contributed by atoms with Gasteiger partial charge in [0.15, 0.2) is 0 Å². The van der Waals surface area contributed by atoms with Crippen LogP contribution in [0.25, 0.3) is 0 Å². The molecule has 0 saturated carbocycles. The molecular weight excluding hydrogens is 454 g/mol. The first-order valence-corrected chi connectivity index (χ1v) is 14.1. The predicted molar refractivity (Wildman–Crippen MR) is 140 cm³/mol. The van der Waals surface area contributed by atoms with E-state index in [-0.39, 0.29) is 5.78 Å². The van der Waals surface area contributed by atoms with Gasteiger partial charge >= 0.3 is 200 Å². The van der Waals surface area contributed by atoms with E-state index in [4.69, 9.17) is 22.8 Å². The number of alkyl halides is 1. The summed E-state index contributed by atoms with van der Waals surface area (Å²) in [5, 5.41) is 2.62. The van der Waals surface area contributed by atoms with Crippen molar-refractivity contribution in [1.82, 2.24) is 0 Å². The van der Waals surface area contributed by atoms with Gasteiger partial charge in [-0.3, -0.25) is 0 Å². The van der Waals surface area contributed by atoms with Crippen LogP contribution in [0.5, 0.6) is 0 Å². The number of hydrogen-bond acceptors (Lipinski definition) is 1. The van der Waals surface area contributed by atoms with E-state index in [1.165, 1.54) is 0 Å². The molecule has 4 heteroatoms. The van der Waals surface area contributed by atoms with E-state index in [2.05, 4.69) is 0 Å². The van der Waals surface area contributed by atoms with Crippen molar-refractivity contribution in [3.8, 4) is 0 Å². The summed E-state index contributed by atoms with van der Waals surface area (Å²) in [5.74, 6) is -4.21. The Balaban J connectivity index is 2.20. The first-order valence-electron chi connectivity index (χ1n) is 10.6.